The number of rotatable bonds is 5. The summed E-state index contributed by atoms with van der Waals surface area (Å²) in [4.78, 5) is 25.9. The lowest BCUT2D eigenvalue weighted by Crippen LogP contribution is -2.59. The standard InChI is InChI=1S/C27H46N2O3/c1-17(25(31)28-20-11-7-8-12-20)21-13-15-27(3)16-14-22(18(2)23(27)24(21)30)29-26(32)19-9-5-4-6-10-19/h17-24,30H,4-16H2,1-3H3,(H,28,31)(H,29,32)/t17-,18+,21?,22-,23+,24-,27-/m0/s1. The summed E-state index contributed by atoms with van der Waals surface area (Å²) in [6.07, 6.45) is 13.8. The summed E-state index contributed by atoms with van der Waals surface area (Å²) in [6, 6.07) is 0.461. The molecule has 7 atom stereocenters. The summed E-state index contributed by atoms with van der Waals surface area (Å²) in [5.41, 5.74) is 0.100. The zero-order chi connectivity index (χ0) is 22.9. The first-order valence-electron chi connectivity index (χ1n) is 13.6. The van der Waals surface area contributed by atoms with Gasteiger partial charge in [0.25, 0.3) is 0 Å². The number of nitrogens with one attached hydrogen (secondary N) is 2. The maximum atomic E-state index is 13.0. The maximum Gasteiger partial charge on any atom is 0.223 e. The van der Waals surface area contributed by atoms with Gasteiger partial charge in [-0.25, -0.2) is 0 Å². The Balaban J connectivity index is 1.41. The van der Waals surface area contributed by atoms with Crippen molar-refractivity contribution in [2.75, 3.05) is 0 Å². The Hall–Kier alpha value is -1.10. The summed E-state index contributed by atoms with van der Waals surface area (Å²) in [6.45, 7) is 6.56. The van der Waals surface area contributed by atoms with E-state index < -0.39 is 6.10 Å². The van der Waals surface area contributed by atoms with E-state index in [-0.39, 0.29) is 52.9 Å². The van der Waals surface area contributed by atoms with Crippen molar-refractivity contribution in [3.63, 3.8) is 0 Å². The Labute approximate surface area is 194 Å². The molecule has 0 aromatic heterocycles. The normalized spacial score (nSPS) is 39.8. The molecule has 5 nitrogen and oxygen atoms in total. The number of aliphatic hydroxyl groups excluding tert-OH is 1. The van der Waals surface area contributed by atoms with Crippen molar-refractivity contribution in [3.8, 4) is 0 Å². The molecule has 4 rings (SSSR count). The summed E-state index contributed by atoms with van der Waals surface area (Å²) in [5.74, 6) is 0.723. The van der Waals surface area contributed by atoms with Crippen molar-refractivity contribution in [1.29, 1.82) is 0 Å². The molecule has 0 aromatic rings. The van der Waals surface area contributed by atoms with Crippen molar-refractivity contribution in [3.05, 3.63) is 0 Å². The van der Waals surface area contributed by atoms with Crippen LogP contribution in [0.3, 0.4) is 0 Å². The molecule has 2 amide bonds. The highest BCUT2D eigenvalue weighted by Crippen LogP contribution is 2.55. The van der Waals surface area contributed by atoms with Crippen LogP contribution in [0.2, 0.25) is 0 Å². The average molecular weight is 447 g/mol. The Morgan fingerprint density at radius 2 is 1.53 bits per heavy atom. The minimum atomic E-state index is -0.484. The van der Waals surface area contributed by atoms with Gasteiger partial charge in [0, 0.05) is 23.9 Å². The second kappa shape index (κ2) is 10.0. The van der Waals surface area contributed by atoms with Gasteiger partial charge in [-0.05, 0) is 74.5 Å². The third-order valence-electron chi connectivity index (χ3n) is 9.95. The minimum Gasteiger partial charge on any atom is -0.392 e. The van der Waals surface area contributed by atoms with Crippen LogP contribution in [0.4, 0.5) is 0 Å². The maximum absolute atomic E-state index is 13.0. The Kier molecular flexibility index (Phi) is 7.53. The Morgan fingerprint density at radius 3 is 2.22 bits per heavy atom. The molecular weight excluding hydrogens is 400 g/mol. The lowest BCUT2D eigenvalue weighted by Gasteiger charge is -2.56. The van der Waals surface area contributed by atoms with Crippen molar-refractivity contribution < 1.29 is 14.7 Å². The van der Waals surface area contributed by atoms with E-state index >= 15 is 0 Å². The van der Waals surface area contributed by atoms with Gasteiger partial charge >= 0.3 is 0 Å². The van der Waals surface area contributed by atoms with Gasteiger partial charge in [0.2, 0.25) is 11.8 Å². The number of carbonyl (C=O) groups excluding carboxylic acids is 2. The van der Waals surface area contributed by atoms with Crippen molar-refractivity contribution in [2.45, 2.75) is 122 Å². The zero-order valence-corrected chi connectivity index (χ0v) is 20.6. The highest BCUT2D eigenvalue weighted by Gasteiger charge is 2.54. The summed E-state index contributed by atoms with van der Waals surface area (Å²) >= 11 is 0. The van der Waals surface area contributed by atoms with Gasteiger partial charge in [0.15, 0.2) is 0 Å². The molecule has 182 valence electrons. The lowest BCUT2D eigenvalue weighted by atomic mass is 9.51. The molecule has 32 heavy (non-hydrogen) atoms. The number of amides is 2. The van der Waals surface area contributed by atoms with Gasteiger partial charge in [-0.15, -0.1) is 0 Å². The monoisotopic (exact) mass is 446 g/mol. The Morgan fingerprint density at radius 1 is 0.906 bits per heavy atom. The highest BCUT2D eigenvalue weighted by atomic mass is 16.3. The van der Waals surface area contributed by atoms with Gasteiger partial charge in [-0.2, -0.15) is 0 Å². The van der Waals surface area contributed by atoms with Crippen molar-refractivity contribution in [1.82, 2.24) is 10.6 Å². The van der Waals surface area contributed by atoms with Crippen LogP contribution in [-0.2, 0) is 9.59 Å². The molecule has 4 fully saturated rings. The van der Waals surface area contributed by atoms with E-state index in [9.17, 15) is 14.7 Å². The molecule has 1 unspecified atom stereocenters. The van der Waals surface area contributed by atoms with Gasteiger partial charge in [0.05, 0.1) is 6.10 Å². The fourth-order valence-corrected chi connectivity index (χ4v) is 7.76. The zero-order valence-electron chi connectivity index (χ0n) is 20.6. The third-order valence-corrected chi connectivity index (χ3v) is 9.95. The molecule has 0 saturated heterocycles. The number of carbonyl (C=O) groups is 2. The molecule has 3 N–H and O–H groups in total. The van der Waals surface area contributed by atoms with E-state index in [4.69, 9.17) is 0 Å². The van der Waals surface area contributed by atoms with Crippen molar-refractivity contribution in [2.24, 2.45) is 35.0 Å². The van der Waals surface area contributed by atoms with E-state index in [1.807, 2.05) is 6.92 Å². The summed E-state index contributed by atoms with van der Waals surface area (Å²) < 4.78 is 0. The molecule has 4 aliphatic carbocycles. The van der Waals surface area contributed by atoms with Crippen LogP contribution in [0.1, 0.15) is 104 Å². The van der Waals surface area contributed by atoms with E-state index in [0.717, 1.165) is 51.4 Å². The molecule has 0 aliphatic heterocycles. The number of hydrogen-bond donors (Lipinski definition) is 3. The molecule has 0 spiro atoms. The highest BCUT2D eigenvalue weighted by molar-refractivity contribution is 5.79. The molecule has 5 heteroatoms. The van der Waals surface area contributed by atoms with Crippen LogP contribution in [-0.4, -0.2) is 35.1 Å². The minimum absolute atomic E-state index is 0.00437. The predicted molar refractivity (Wildman–Crippen MR) is 127 cm³/mol. The first-order valence-corrected chi connectivity index (χ1v) is 13.6. The van der Waals surface area contributed by atoms with E-state index in [0.29, 0.717) is 6.04 Å². The van der Waals surface area contributed by atoms with E-state index in [1.54, 1.807) is 0 Å². The van der Waals surface area contributed by atoms with Crippen LogP contribution < -0.4 is 10.6 Å². The topological polar surface area (TPSA) is 78.4 Å². The van der Waals surface area contributed by atoms with Crippen LogP contribution in [0, 0.1) is 35.0 Å². The van der Waals surface area contributed by atoms with Gasteiger partial charge < -0.3 is 15.7 Å². The fourth-order valence-electron chi connectivity index (χ4n) is 7.76. The summed E-state index contributed by atoms with van der Waals surface area (Å²) in [5, 5.41) is 18.2. The first kappa shape index (κ1) is 24.0. The Bertz CT molecular complexity index is 670. The van der Waals surface area contributed by atoms with E-state index in [2.05, 4.69) is 24.5 Å². The second-order valence-electron chi connectivity index (χ2n) is 12.0. The average Bonchev–Trinajstić information content (AvgIpc) is 3.29. The molecular formula is C27H46N2O3. The SMILES string of the molecule is C[C@H]1[C@@H]2[C@@H](O)C([C@H](C)C(=O)NC3CCCC3)CC[C@@]2(C)CC[C@@H]1NC(=O)C1CCCCC1. The van der Waals surface area contributed by atoms with Gasteiger partial charge in [-0.1, -0.05) is 52.9 Å². The van der Waals surface area contributed by atoms with Crippen molar-refractivity contribution >= 4 is 11.8 Å². The largest absolute Gasteiger partial charge is 0.392 e. The second-order valence-corrected chi connectivity index (χ2v) is 12.0. The third kappa shape index (κ3) is 4.88. The van der Waals surface area contributed by atoms with Crippen LogP contribution in [0.5, 0.6) is 0 Å². The summed E-state index contributed by atoms with van der Waals surface area (Å²) in [7, 11) is 0. The fraction of sp³-hybridized carbons (Fsp3) is 0.926. The van der Waals surface area contributed by atoms with E-state index in [1.165, 1.54) is 32.1 Å². The van der Waals surface area contributed by atoms with Crippen LogP contribution in [0.15, 0.2) is 0 Å². The van der Waals surface area contributed by atoms with Gasteiger partial charge in [0.1, 0.15) is 0 Å². The number of aliphatic hydroxyl groups is 1. The van der Waals surface area contributed by atoms with Crippen LogP contribution >= 0.6 is 0 Å². The molecule has 0 radical (unpaired) electrons. The molecule has 4 saturated carbocycles. The molecule has 0 heterocycles. The lowest BCUT2D eigenvalue weighted by molar-refractivity contribution is -0.145. The number of hydrogen-bond acceptors (Lipinski definition) is 3. The quantitative estimate of drug-likeness (QED) is 0.579. The van der Waals surface area contributed by atoms with Crippen LogP contribution in [0.25, 0.3) is 0 Å². The predicted octanol–water partition coefficient (Wildman–Crippen LogP) is 4.57. The smallest absolute Gasteiger partial charge is 0.223 e. The first-order chi connectivity index (χ1) is 15.3. The number of fused-ring (bicyclic) bond motifs is 1. The molecule has 0 aromatic carbocycles. The van der Waals surface area contributed by atoms with Gasteiger partial charge in [-0.3, -0.25) is 9.59 Å². The molecule has 0 bridgehead atoms. The molecule has 4 aliphatic rings.